The number of nitrogens with zero attached hydrogens (tertiary/aromatic N) is 1. The third-order valence-corrected chi connectivity index (χ3v) is 8.66. The maximum absolute atomic E-state index is 13.3. The van der Waals surface area contributed by atoms with E-state index in [0.717, 1.165) is 25.3 Å². The number of hydrogen-bond donors (Lipinski definition) is 2. The molecule has 0 saturated carbocycles. The van der Waals surface area contributed by atoms with E-state index in [4.69, 9.17) is 14.2 Å². The molecule has 0 saturated heterocycles. The van der Waals surface area contributed by atoms with Crippen LogP contribution in [0.5, 0.6) is 17.2 Å². The van der Waals surface area contributed by atoms with E-state index in [-0.39, 0.29) is 24.7 Å². The second-order valence-corrected chi connectivity index (χ2v) is 12.5. The van der Waals surface area contributed by atoms with Gasteiger partial charge in [-0.3, -0.25) is 14.8 Å². The minimum absolute atomic E-state index is 0.0864. The number of ether oxygens (including phenoxy) is 3. The fraction of sp³-hybridized carbons (Fsp3) is 0.625. The number of para-hydroxylation sites is 1. The molecule has 0 bridgehead atoms. The molecule has 0 aliphatic carbocycles. The van der Waals surface area contributed by atoms with Crippen LogP contribution in [-0.4, -0.2) is 45.4 Å². The van der Waals surface area contributed by atoms with Gasteiger partial charge in [0.2, 0.25) is 5.75 Å². The number of sulfonamides is 1. The summed E-state index contributed by atoms with van der Waals surface area (Å²) in [5.74, 6) is -0.254. The number of aromatic hydroxyl groups is 1. The third-order valence-electron chi connectivity index (χ3n) is 7.27. The van der Waals surface area contributed by atoms with Crippen molar-refractivity contribution in [2.45, 2.75) is 109 Å². The maximum Gasteiger partial charge on any atom is 0.312 e. The number of benzene rings is 2. The zero-order valence-electron chi connectivity index (χ0n) is 26.1. The predicted octanol–water partition coefficient (Wildman–Crippen LogP) is 8.29. The molecule has 0 aliphatic heterocycles. The number of anilines is 1. The van der Waals surface area contributed by atoms with Crippen molar-refractivity contribution in [1.29, 1.82) is 0 Å². The van der Waals surface area contributed by atoms with Gasteiger partial charge < -0.3 is 19.3 Å². The lowest BCUT2D eigenvalue weighted by Crippen LogP contribution is -2.16. The van der Waals surface area contributed by atoms with Gasteiger partial charge in [-0.1, -0.05) is 96.5 Å². The summed E-state index contributed by atoms with van der Waals surface area (Å²) in [5, 5.41) is 22.0. The Morgan fingerprint density at radius 2 is 1.42 bits per heavy atom. The molecule has 2 aromatic carbocycles. The molecule has 2 N–H and O–H groups in total. The van der Waals surface area contributed by atoms with E-state index in [2.05, 4.69) is 11.6 Å². The van der Waals surface area contributed by atoms with Crippen LogP contribution in [0, 0.1) is 17.0 Å². The Kier molecular flexibility index (Phi) is 16.8. The minimum atomic E-state index is -4.38. The number of aryl methyl sites for hydroxylation is 1. The van der Waals surface area contributed by atoms with Crippen LogP contribution in [0.15, 0.2) is 35.2 Å². The number of rotatable bonds is 24. The number of nitrogens with one attached hydrogen (secondary N) is 1. The van der Waals surface area contributed by atoms with Crippen LogP contribution in [0.2, 0.25) is 0 Å². The SMILES string of the molecule is CCCCCCCCCCCCCCCCOc1cc(NS(=O)(=O)c2cccc([N+](=O)[O-])c2OCCOC)c(O)cc1C. The molecule has 0 amide bonds. The van der Waals surface area contributed by atoms with Gasteiger partial charge >= 0.3 is 5.69 Å². The van der Waals surface area contributed by atoms with Crippen LogP contribution < -0.4 is 14.2 Å². The predicted molar refractivity (Wildman–Crippen MR) is 170 cm³/mol. The summed E-state index contributed by atoms with van der Waals surface area (Å²) >= 11 is 0. The molecule has 10 nitrogen and oxygen atoms in total. The van der Waals surface area contributed by atoms with Gasteiger partial charge in [-0.05, 0) is 31.0 Å². The van der Waals surface area contributed by atoms with Crippen LogP contribution >= 0.6 is 0 Å². The number of phenolic OH excluding ortho intramolecular Hbond substituents is 1. The van der Waals surface area contributed by atoms with Crippen molar-refractivity contribution in [2.75, 3.05) is 31.7 Å². The van der Waals surface area contributed by atoms with E-state index in [0.29, 0.717) is 17.9 Å². The first-order chi connectivity index (χ1) is 20.7. The number of nitro groups is 1. The van der Waals surface area contributed by atoms with Crippen LogP contribution in [0.3, 0.4) is 0 Å². The summed E-state index contributed by atoms with van der Waals surface area (Å²) in [4.78, 5) is 10.4. The van der Waals surface area contributed by atoms with Crippen molar-refractivity contribution in [1.82, 2.24) is 0 Å². The second kappa shape index (κ2) is 20.0. The first-order valence-corrected chi connectivity index (χ1v) is 17.1. The highest BCUT2D eigenvalue weighted by molar-refractivity contribution is 7.92. The Balaban J connectivity index is 1.85. The molecule has 11 heteroatoms. The van der Waals surface area contributed by atoms with Crippen LogP contribution in [0.4, 0.5) is 11.4 Å². The topological polar surface area (TPSA) is 137 Å². The van der Waals surface area contributed by atoms with E-state index in [1.54, 1.807) is 6.92 Å². The van der Waals surface area contributed by atoms with Gasteiger partial charge in [0.1, 0.15) is 23.0 Å². The highest BCUT2D eigenvalue weighted by Gasteiger charge is 2.28. The summed E-state index contributed by atoms with van der Waals surface area (Å²) < 4.78 is 45.2. The molecule has 242 valence electrons. The molecule has 0 aliphatic rings. The first-order valence-electron chi connectivity index (χ1n) is 15.6. The quantitative estimate of drug-likeness (QED) is 0.0516. The molecular weight excluding hydrogens is 572 g/mol. The molecule has 0 unspecified atom stereocenters. The van der Waals surface area contributed by atoms with E-state index in [9.17, 15) is 23.6 Å². The lowest BCUT2D eigenvalue weighted by atomic mass is 10.0. The van der Waals surface area contributed by atoms with Crippen molar-refractivity contribution in [2.24, 2.45) is 0 Å². The Bertz CT molecular complexity index is 1220. The standard InChI is InChI=1S/C32H50N2O8S/c1-4-5-6-7-8-9-10-11-12-13-14-15-16-17-21-41-30-25-27(29(35)24-26(30)2)33-43(38,39)31-20-18-19-28(34(36)37)32(31)42-23-22-40-3/h18-20,24-25,33,35H,4-17,21-23H2,1-3H3. The third kappa shape index (κ3) is 13.0. The van der Waals surface area contributed by atoms with E-state index < -0.39 is 31.3 Å². The van der Waals surface area contributed by atoms with Crippen molar-refractivity contribution in [3.05, 3.63) is 46.0 Å². The molecule has 43 heavy (non-hydrogen) atoms. The molecule has 0 radical (unpaired) electrons. The summed E-state index contributed by atoms with van der Waals surface area (Å²) in [5.41, 5.74) is 0.0601. The van der Waals surface area contributed by atoms with Crippen molar-refractivity contribution in [3.63, 3.8) is 0 Å². The molecular formula is C32H50N2O8S. The summed E-state index contributed by atoms with van der Waals surface area (Å²) in [6, 6.07) is 6.47. The van der Waals surface area contributed by atoms with Crippen LogP contribution in [0.25, 0.3) is 0 Å². The summed E-state index contributed by atoms with van der Waals surface area (Å²) in [6.07, 6.45) is 17.7. The van der Waals surface area contributed by atoms with E-state index >= 15 is 0 Å². The number of hydrogen-bond acceptors (Lipinski definition) is 8. The first kappa shape index (κ1) is 36.1. The van der Waals surface area contributed by atoms with Gasteiger partial charge in [0.25, 0.3) is 10.0 Å². The molecule has 2 aromatic rings. The van der Waals surface area contributed by atoms with Crippen molar-refractivity contribution in [3.8, 4) is 17.2 Å². The van der Waals surface area contributed by atoms with Gasteiger partial charge in [0.05, 0.1) is 23.8 Å². The molecule has 0 aromatic heterocycles. The molecule has 0 spiro atoms. The van der Waals surface area contributed by atoms with Gasteiger partial charge in [-0.15, -0.1) is 0 Å². The van der Waals surface area contributed by atoms with Gasteiger partial charge in [-0.25, -0.2) is 8.42 Å². The second-order valence-electron chi connectivity index (χ2n) is 10.9. The molecule has 0 fully saturated rings. The molecule has 0 heterocycles. The fourth-order valence-corrected chi connectivity index (χ4v) is 6.05. The number of phenols is 1. The summed E-state index contributed by atoms with van der Waals surface area (Å²) in [6.45, 7) is 4.51. The minimum Gasteiger partial charge on any atom is -0.506 e. The molecule has 0 atom stereocenters. The monoisotopic (exact) mass is 622 g/mol. The van der Waals surface area contributed by atoms with Crippen LogP contribution in [-0.2, 0) is 14.8 Å². The smallest absolute Gasteiger partial charge is 0.312 e. The van der Waals surface area contributed by atoms with E-state index in [1.807, 2.05) is 0 Å². The molecule has 2 rings (SSSR count). The average Bonchev–Trinajstić information content (AvgIpc) is 2.97. The highest BCUT2D eigenvalue weighted by atomic mass is 32.2. The zero-order chi connectivity index (χ0) is 31.5. The largest absolute Gasteiger partial charge is 0.506 e. The Morgan fingerprint density at radius 1 is 0.837 bits per heavy atom. The summed E-state index contributed by atoms with van der Waals surface area (Å²) in [7, 11) is -2.94. The van der Waals surface area contributed by atoms with Crippen LogP contribution in [0.1, 0.15) is 102 Å². The lowest BCUT2D eigenvalue weighted by Gasteiger charge is -2.16. The maximum atomic E-state index is 13.3. The van der Waals surface area contributed by atoms with Gasteiger partial charge in [-0.2, -0.15) is 0 Å². The Labute approximate surface area is 257 Å². The zero-order valence-corrected chi connectivity index (χ0v) is 26.9. The Morgan fingerprint density at radius 3 is 1.98 bits per heavy atom. The highest BCUT2D eigenvalue weighted by Crippen LogP contribution is 2.38. The van der Waals surface area contributed by atoms with Crippen molar-refractivity contribution < 1.29 is 32.7 Å². The number of methoxy groups -OCH3 is 1. The number of unbranched alkanes of at least 4 members (excludes halogenated alkanes) is 13. The number of nitro benzene ring substituents is 1. The normalized spacial score (nSPS) is 11.4. The van der Waals surface area contributed by atoms with Crippen molar-refractivity contribution >= 4 is 21.4 Å². The van der Waals surface area contributed by atoms with Gasteiger partial charge in [0.15, 0.2) is 0 Å². The fourth-order valence-electron chi connectivity index (χ4n) is 4.82. The van der Waals surface area contributed by atoms with Gasteiger partial charge in [0, 0.05) is 19.2 Å². The van der Waals surface area contributed by atoms with E-state index in [1.165, 1.54) is 102 Å². The lowest BCUT2D eigenvalue weighted by molar-refractivity contribution is -0.386. The Hall–Kier alpha value is -3.05. The average molecular weight is 623 g/mol.